The molecule has 3 atom stereocenters. The molecule has 2 aliphatic rings. The Morgan fingerprint density at radius 2 is 2.03 bits per heavy atom. The van der Waals surface area contributed by atoms with E-state index >= 15 is 4.39 Å². The number of anilines is 1. The standard InChI is InChI=1S/C23H21F3N4O3/c1-10-17-19(31)12(22(32)33)7-30(16-4-3-11(24)5-14(16)25)20(17)28-21(18(10)26)29-8-13-15(27)6-23(13,2)9-29/h3-5,7,13,15H,6,8-9,27H2,1-2H3,(H,32,33)/t13-,15-,23+/m0/s1. The molecule has 5 rings (SSSR count). The summed E-state index contributed by atoms with van der Waals surface area (Å²) in [7, 11) is 0. The Kier molecular flexibility index (Phi) is 4.58. The number of fused-ring (bicyclic) bond motifs is 2. The number of carboxylic acid groups (broad SMARTS) is 1. The van der Waals surface area contributed by atoms with E-state index in [0.29, 0.717) is 19.2 Å². The number of rotatable bonds is 3. The third kappa shape index (κ3) is 3.04. The molecule has 0 unspecified atom stereocenters. The molecule has 0 amide bonds. The van der Waals surface area contributed by atoms with Crippen molar-refractivity contribution >= 4 is 22.8 Å². The van der Waals surface area contributed by atoms with Gasteiger partial charge in [-0.05, 0) is 36.8 Å². The molecule has 3 heterocycles. The highest BCUT2D eigenvalue weighted by molar-refractivity contribution is 5.93. The van der Waals surface area contributed by atoms with E-state index in [4.69, 9.17) is 5.73 Å². The Hall–Kier alpha value is -3.40. The zero-order valence-corrected chi connectivity index (χ0v) is 17.9. The second kappa shape index (κ2) is 7.05. The molecule has 3 N–H and O–H groups in total. The summed E-state index contributed by atoms with van der Waals surface area (Å²) in [5.41, 5.74) is 4.02. The summed E-state index contributed by atoms with van der Waals surface area (Å²) in [6.45, 7) is 4.44. The van der Waals surface area contributed by atoms with Crippen LogP contribution in [0.15, 0.2) is 29.2 Å². The van der Waals surface area contributed by atoms with Crippen molar-refractivity contribution in [2.24, 2.45) is 17.1 Å². The molecule has 0 radical (unpaired) electrons. The molecule has 172 valence electrons. The van der Waals surface area contributed by atoms with Crippen molar-refractivity contribution in [1.29, 1.82) is 0 Å². The molecule has 0 bridgehead atoms. The van der Waals surface area contributed by atoms with Gasteiger partial charge in [-0.25, -0.2) is 22.9 Å². The van der Waals surface area contributed by atoms with E-state index in [9.17, 15) is 23.5 Å². The fourth-order valence-corrected chi connectivity index (χ4v) is 5.33. The SMILES string of the molecule is Cc1c(F)c(N2C[C@H]3[C@@H](N)C[C@]3(C)C2)nc2c1c(=O)c(C(=O)O)cn2-c1ccc(F)cc1F. The molecular weight excluding hydrogens is 437 g/mol. The molecule has 2 aromatic heterocycles. The Morgan fingerprint density at radius 1 is 1.30 bits per heavy atom. The van der Waals surface area contributed by atoms with Crippen LogP contribution in [0, 0.1) is 35.7 Å². The van der Waals surface area contributed by atoms with Crippen LogP contribution in [0.5, 0.6) is 0 Å². The van der Waals surface area contributed by atoms with Gasteiger partial charge in [-0.2, -0.15) is 0 Å². The van der Waals surface area contributed by atoms with Gasteiger partial charge < -0.3 is 15.7 Å². The first-order valence-corrected chi connectivity index (χ1v) is 10.5. The van der Waals surface area contributed by atoms with Crippen LogP contribution in [0.25, 0.3) is 16.7 Å². The average molecular weight is 458 g/mol. The highest BCUT2D eigenvalue weighted by Crippen LogP contribution is 2.51. The third-order valence-corrected chi connectivity index (χ3v) is 7.08. The highest BCUT2D eigenvalue weighted by atomic mass is 19.1. The molecule has 1 aliphatic carbocycles. The van der Waals surface area contributed by atoms with E-state index in [1.54, 1.807) is 4.90 Å². The summed E-state index contributed by atoms with van der Waals surface area (Å²) < 4.78 is 44.7. The number of pyridine rings is 2. The molecule has 1 aliphatic heterocycles. The van der Waals surface area contributed by atoms with Crippen molar-refractivity contribution in [1.82, 2.24) is 9.55 Å². The molecule has 1 saturated carbocycles. The lowest BCUT2D eigenvalue weighted by Gasteiger charge is -2.46. The summed E-state index contributed by atoms with van der Waals surface area (Å²) in [6, 6.07) is 2.75. The van der Waals surface area contributed by atoms with Crippen LogP contribution in [0.3, 0.4) is 0 Å². The number of carbonyl (C=O) groups is 1. The molecule has 1 aromatic carbocycles. The molecule has 33 heavy (non-hydrogen) atoms. The van der Waals surface area contributed by atoms with Crippen molar-refractivity contribution in [2.75, 3.05) is 18.0 Å². The topological polar surface area (TPSA) is 101 Å². The number of nitrogens with zero attached hydrogens (tertiary/aromatic N) is 3. The van der Waals surface area contributed by atoms with Crippen molar-refractivity contribution < 1.29 is 23.1 Å². The fraction of sp³-hybridized carbons (Fsp3) is 0.348. The molecule has 7 nitrogen and oxygen atoms in total. The van der Waals surface area contributed by atoms with Gasteiger partial charge in [-0.3, -0.25) is 9.36 Å². The van der Waals surface area contributed by atoms with E-state index in [-0.39, 0.29) is 45.5 Å². The van der Waals surface area contributed by atoms with E-state index in [1.165, 1.54) is 6.92 Å². The summed E-state index contributed by atoms with van der Waals surface area (Å²) >= 11 is 0. The van der Waals surface area contributed by atoms with Gasteiger partial charge in [0.1, 0.15) is 17.2 Å². The predicted molar refractivity (Wildman–Crippen MR) is 115 cm³/mol. The van der Waals surface area contributed by atoms with Gasteiger partial charge in [-0.15, -0.1) is 0 Å². The van der Waals surface area contributed by atoms with Crippen LogP contribution < -0.4 is 16.1 Å². The first-order chi connectivity index (χ1) is 15.5. The van der Waals surface area contributed by atoms with Crippen LogP contribution in [-0.4, -0.2) is 39.8 Å². The van der Waals surface area contributed by atoms with E-state index in [2.05, 4.69) is 11.9 Å². The van der Waals surface area contributed by atoms with Crippen molar-refractivity contribution in [3.63, 3.8) is 0 Å². The zero-order chi connectivity index (χ0) is 23.8. The Morgan fingerprint density at radius 3 is 2.64 bits per heavy atom. The monoisotopic (exact) mass is 458 g/mol. The minimum atomic E-state index is -1.56. The molecule has 2 fully saturated rings. The van der Waals surface area contributed by atoms with Gasteiger partial charge in [0, 0.05) is 37.0 Å². The Bertz CT molecular complexity index is 1410. The molecule has 0 spiro atoms. The lowest BCUT2D eigenvalue weighted by atomic mass is 9.60. The largest absolute Gasteiger partial charge is 0.477 e. The number of carboxylic acids is 1. The number of aryl methyl sites for hydroxylation is 1. The smallest absolute Gasteiger partial charge is 0.341 e. The van der Waals surface area contributed by atoms with Gasteiger partial charge in [0.15, 0.2) is 17.3 Å². The number of aromatic carboxylic acids is 1. The van der Waals surface area contributed by atoms with Gasteiger partial charge in [0.05, 0.1) is 11.1 Å². The maximum atomic E-state index is 15.5. The summed E-state index contributed by atoms with van der Waals surface area (Å²) in [6.07, 6.45) is 1.73. The number of aromatic nitrogens is 2. The molecule has 10 heteroatoms. The number of nitrogens with two attached hydrogens (primary N) is 1. The zero-order valence-electron chi connectivity index (χ0n) is 17.9. The third-order valence-electron chi connectivity index (χ3n) is 7.08. The van der Waals surface area contributed by atoms with Crippen molar-refractivity contribution in [2.45, 2.75) is 26.3 Å². The van der Waals surface area contributed by atoms with Gasteiger partial charge >= 0.3 is 5.97 Å². The number of hydrogen-bond acceptors (Lipinski definition) is 5. The van der Waals surface area contributed by atoms with E-state index < -0.39 is 34.4 Å². The van der Waals surface area contributed by atoms with Gasteiger partial charge in [0.25, 0.3) is 0 Å². The predicted octanol–water partition coefficient (Wildman–Crippen LogP) is 2.98. The second-order valence-electron chi connectivity index (χ2n) is 9.22. The van der Waals surface area contributed by atoms with Crippen LogP contribution in [-0.2, 0) is 0 Å². The summed E-state index contributed by atoms with van der Waals surface area (Å²) in [5.74, 6) is -3.96. The van der Waals surface area contributed by atoms with Crippen LogP contribution in [0.4, 0.5) is 19.0 Å². The molecule has 1 saturated heterocycles. The first-order valence-electron chi connectivity index (χ1n) is 10.5. The second-order valence-corrected chi connectivity index (χ2v) is 9.22. The summed E-state index contributed by atoms with van der Waals surface area (Å²) in [5, 5.41) is 9.24. The molecule has 3 aromatic rings. The maximum absolute atomic E-state index is 15.5. The van der Waals surface area contributed by atoms with Crippen molar-refractivity contribution in [3.8, 4) is 5.69 Å². The lowest BCUT2D eigenvalue weighted by Crippen LogP contribution is -2.53. The Balaban J connectivity index is 1.80. The fourth-order valence-electron chi connectivity index (χ4n) is 5.33. The number of benzene rings is 1. The van der Waals surface area contributed by atoms with Crippen LogP contribution >= 0.6 is 0 Å². The van der Waals surface area contributed by atoms with Gasteiger partial charge in [0.2, 0.25) is 5.43 Å². The average Bonchev–Trinajstić information content (AvgIpc) is 3.01. The maximum Gasteiger partial charge on any atom is 0.341 e. The van der Waals surface area contributed by atoms with Crippen LogP contribution in [0.1, 0.15) is 29.3 Å². The normalized spacial score (nSPS) is 24.1. The van der Waals surface area contributed by atoms with E-state index in [0.717, 1.165) is 29.3 Å². The highest BCUT2D eigenvalue weighted by Gasteiger charge is 2.55. The van der Waals surface area contributed by atoms with Gasteiger partial charge in [-0.1, -0.05) is 6.92 Å². The van der Waals surface area contributed by atoms with E-state index in [1.807, 2.05) is 0 Å². The van der Waals surface area contributed by atoms with Crippen molar-refractivity contribution in [3.05, 3.63) is 63.2 Å². The molecular formula is C23H21F3N4O3. The summed E-state index contributed by atoms with van der Waals surface area (Å²) in [4.78, 5) is 30.8. The first kappa shape index (κ1) is 21.4. The minimum Gasteiger partial charge on any atom is -0.477 e. The number of hydrogen-bond donors (Lipinski definition) is 2. The van der Waals surface area contributed by atoms with Crippen LogP contribution in [0.2, 0.25) is 0 Å². The number of halogens is 3. The lowest BCUT2D eigenvalue weighted by molar-refractivity contribution is 0.0695. The Labute approximate surface area is 186 Å². The minimum absolute atomic E-state index is 0.00855. The quantitative estimate of drug-likeness (QED) is 0.626.